The molecule has 6 nitrogen and oxygen atoms in total. The number of phenols is 1. The average Bonchev–Trinajstić information content (AvgIpc) is 3.33. The molecule has 1 unspecified atom stereocenters. The monoisotopic (exact) mass is 326 g/mol. The second-order valence-electron chi connectivity index (χ2n) is 6.08. The molecule has 2 fully saturated rings. The summed E-state index contributed by atoms with van der Waals surface area (Å²) in [6.45, 7) is 2.60. The van der Waals surface area contributed by atoms with Crippen LogP contribution < -0.4 is 0 Å². The van der Waals surface area contributed by atoms with Crippen LogP contribution in [0, 0.1) is 5.92 Å². The fourth-order valence-corrected chi connectivity index (χ4v) is 4.37. The van der Waals surface area contributed by atoms with Gasteiger partial charge < -0.3 is 10.2 Å². The van der Waals surface area contributed by atoms with E-state index in [9.17, 15) is 18.6 Å². The number of β-amino-alcohol motifs (C(OH)–C–C–N with tert-alkyl or cyclic N) is 1. The molecule has 122 valence electrons. The van der Waals surface area contributed by atoms with Crippen molar-refractivity contribution in [2.45, 2.75) is 23.8 Å². The van der Waals surface area contributed by atoms with E-state index in [1.807, 2.05) is 0 Å². The topological polar surface area (TPSA) is 81.1 Å². The van der Waals surface area contributed by atoms with Crippen molar-refractivity contribution in [1.29, 1.82) is 0 Å². The van der Waals surface area contributed by atoms with Crippen LogP contribution in [0.5, 0.6) is 5.75 Å². The molecule has 1 aliphatic heterocycles. The third kappa shape index (κ3) is 3.27. The number of phenolic OH excluding ortho intramolecular Hbond substituents is 1. The molecule has 1 saturated heterocycles. The number of para-hydroxylation sites is 1. The van der Waals surface area contributed by atoms with Crippen LogP contribution in [0.3, 0.4) is 0 Å². The van der Waals surface area contributed by atoms with E-state index in [1.165, 1.54) is 16.4 Å². The molecule has 2 aliphatic rings. The van der Waals surface area contributed by atoms with Crippen molar-refractivity contribution >= 4 is 10.0 Å². The molecule has 1 saturated carbocycles. The molecule has 1 aromatic carbocycles. The largest absolute Gasteiger partial charge is 0.507 e. The van der Waals surface area contributed by atoms with E-state index in [1.54, 1.807) is 12.1 Å². The second kappa shape index (κ2) is 6.16. The van der Waals surface area contributed by atoms with Gasteiger partial charge in [-0.2, -0.15) is 4.31 Å². The lowest BCUT2D eigenvalue weighted by atomic mass is 10.2. The number of aliphatic hydroxyl groups excluding tert-OH is 1. The van der Waals surface area contributed by atoms with E-state index in [2.05, 4.69) is 4.90 Å². The molecule has 1 heterocycles. The third-order valence-corrected chi connectivity index (χ3v) is 6.37. The van der Waals surface area contributed by atoms with E-state index in [0.717, 1.165) is 12.8 Å². The zero-order chi connectivity index (χ0) is 15.7. The number of rotatable bonds is 5. The quantitative estimate of drug-likeness (QED) is 0.822. The molecule has 0 aromatic heterocycles. The van der Waals surface area contributed by atoms with E-state index in [4.69, 9.17) is 0 Å². The minimum absolute atomic E-state index is 0.0403. The van der Waals surface area contributed by atoms with Crippen molar-refractivity contribution in [3.8, 4) is 5.75 Å². The van der Waals surface area contributed by atoms with E-state index in [-0.39, 0.29) is 16.7 Å². The number of nitrogens with zero attached hydrogens (tertiary/aromatic N) is 2. The molecule has 1 aliphatic carbocycles. The van der Waals surface area contributed by atoms with Crippen molar-refractivity contribution in [2.75, 3.05) is 32.7 Å². The Hall–Kier alpha value is -1.15. The molecule has 1 aromatic rings. The Bertz CT molecular complexity index is 622. The number of hydrogen-bond acceptors (Lipinski definition) is 5. The second-order valence-corrected chi connectivity index (χ2v) is 7.98. The van der Waals surface area contributed by atoms with Gasteiger partial charge in [0.2, 0.25) is 10.0 Å². The Morgan fingerprint density at radius 1 is 1.14 bits per heavy atom. The van der Waals surface area contributed by atoms with Crippen LogP contribution in [-0.4, -0.2) is 66.7 Å². The van der Waals surface area contributed by atoms with Crippen LogP contribution in [0.15, 0.2) is 29.2 Å². The number of aromatic hydroxyl groups is 1. The number of piperazine rings is 1. The molecule has 1 atom stereocenters. The summed E-state index contributed by atoms with van der Waals surface area (Å²) in [5.41, 5.74) is 0. The van der Waals surface area contributed by atoms with Crippen LogP contribution in [-0.2, 0) is 10.0 Å². The number of sulfonamides is 1. The highest BCUT2D eigenvalue weighted by Gasteiger charge is 2.34. The van der Waals surface area contributed by atoms with Crippen LogP contribution in [0.1, 0.15) is 12.8 Å². The lowest BCUT2D eigenvalue weighted by Gasteiger charge is -2.35. The van der Waals surface area contributed by atoms with Crippen molar-refractivity contribution in [1.82, 2.24) is 9.21 Å². The highest BCUT2D eigenvalue weighted by molar-refractivity contribution is 7.89. The molecule has 7 heteroatoms. The SMILES string of the molecule is O=S(=O)(c1ccccc1O)N1CCN(CC(O)C2CC2)CC1. The van der Waals surface area contributed by atoms with Crippen LogP contribution in [0.4, 0.5) is 0 Å². The molecular formula is C15H22N2O4S. The zero-order valence-electron chi connectivity index (χ0n) is 12.4. The Kier molecular flexibility index (Phi) is 4.40. The maximum atomic E-state index is 12.6. The maximum absolute atomic E-state index is 12.6. The summed E-state index contributed by atoms with van der Waals surface area (Å²) in [6.07, 6.45) is 1.91. The highest BCUT2D eigenvalue weighted by Crippen LogP contribution is 2.33. The third-order valence-electron chi connectivity index (χ3n) is 4.43. The Balaban J connectivity index is 1.62. The first kappa shape index (κ1) is 15.7. The number of aliphatic hydroxyl groups is 1. The molecule has 22 heavy (non-hydrogen) atoms. The van der Waals surface area contributed by atoms with Gasteiger partial charge in [0.15, 0.2) is 0 Å². The molecule has 0 spiro atoms. The highest BCUT2D eigenvalue weighted by atomic mass is 32.2. The lowest BCUT2D eigenvalue weighted by Crippen LogP contribution is -2.50. The normalized spacial score (nSPS) is 22.6. The van der Waals surface area contributed by atoms with Crippen molar-refractivity contribution in [2.24, 2.45) is 5.92 Å². The van der Waals surface area contributed by atoms with Crippen molar-refractivity contribution in [3.05, 3.63) is 24.3 Å². The summed E-state index contributed by atoms with van der Waals surface area (Å²) in [5, 5.41) is 19.7. The summed E-state index contributed by atoms with van der Waals surface area (Å²) in [7, 11) is -3.65. The molecule has 0 amide bonds. The average molecular weight is 326 g/mol. The molecular weight excluding hydrogens is 304 g/mol. The fourth-order valence-electron chi connectivity index (χ4n) is 2.86. The number of benzene rings is 1. The minimum atomic E-state index is -3.65. The van der Waals surface area contributed by atoms with E-state index in [0.29, 0.717) is 38.6 Å². The van der Waals surface area contributed by atoms with Gasteiger partial charge in [-0.15, -0.1) is 0 Å². The van der Waals surface area contributed by atoms with Gasteiger partial charge >= 0.3 is 0 Å². The first-order valence-corrected chi connectivity index (χ1v) is 9.11. The summed E-state index contributed by atoms with van der Waals surface area (Å²) in [4.78, 5) is 2.07. The van der Waals surface area contributed by atoms with Crippen LogP contribution in [0.2, 0.25) is 0 Å². The van der Waals surface area contributed by atoms with Gasteiger partial charge in [0.25, 0.3) is 0 Å². The van der Waals surface area contributed by atoms with E-state index >= 15 is 0 Å². The van der Waals surface area contributed by atoms with Gasteiger partial charge in [-0.3, -0.25) is 4.90 Å². The summed E-state index contributed by atoms with van der Waals surface area (Å²) in [6, 6.07) is 6.02. The lowest BCUT2D eigenvalue weighted by molar-refractivity contribution is 0.0781. The van der Waals surface area contributed by atoms with Crippen molar-refractivity contribution < 1.29 is 18.6 Å². The van der Waals surface area contributed by atoms with Crippen molar-refractivity contribution in [3.63, 3.8) is 0 Å². The Labute approximate surface area is 131 Å². The summed E-state index contributed by atoms with van der Waals surface area (Å²) in [5.74, 6) is 0.220. The molecule has 0 radical (unpaired) electrons. The molecule has 2 N–H and O–H groups in total. The predicted octanol–water partition coefficient (Wildman–Crippen LogP) is 0.469. The standard InChI is InChI=1S/C15H22N2O4S/c18-13-3-1-2-4-15(13)22(20,21)17-9-7-16(8-10-17)11-14(19)12-5-6-12/h1-4,12,14,18-19H,5-11H2. The molecule has 3 rings (SSSR count). The first-order chi connectivity index (χ1) is 10.5. The van der Waals surface area contributed by atoms with Crippen LogP contribution in [0.25, 0.3) is 0 Å². The van der Waals surface area contributed by atoms with Gasteiger partial charge in [-0.25, -0.2) is 8.42 Å². The van der Waals surface area contributed by atoms with Gasteiger partial charge in [-0.05, 0) is 30.9 Å². The van der Waals surface area contributed by atoms with Gasteiger partial charge in [0.1, 0.15) is 10.6 Å². The maximum Gasteiger partial charge on any atom is 0.246 e. The summed E-state index contributed by atoms with van der Waals surface area (Å²) >= 11 is 0. The smallest absolute Gasteiger partial charge is 0.246 e. The van der Waals surface area contributed by atoms with E-state index < -0.39 is 10.0 Å². The fraction of sp³-hybridized carbons (Fsp3) is 0.600. The predicted molar refractivity (Wildman–Crippen MR) is 82.0 cm³/mol. The molecule has 0 bridgehead atoms. The first-order valence-electron chi connectivity index (χ1n) is 7.67. The van der Waals surface area contributed by atoms with Gasteiger partial charge in [0, 0.05) is 32.7 Å². The Morgan fingerprint density at radius 3 is 2.36 bits per heavy atom. The zero-order valence-corrected chi connectivity index (χ0v) is 13.2. The Morgan fingerprint density at radius 2 is 1.77 bits per heavy atom. The van der Waals surface area contributed by atoms with Gasteiger partial charge in [-0.1, -0.05) is 12.1 Å². The summed E-state index contributed by atoms with van der Waals surface area (Å²) < 4.78 is 26.5. The van der Waals surface area contributed by atoms with Crippen LogP contribution >= 0.6 is 0 Å². The van der Waals surface area contributed by atoms with Gasteiger partial charge in [0.05, 0.1) is 6.10 Å². The number of hydrogen-bond donors (Lipinski definition) is 2. The minimum Gasteiger partial charge on any atom is -0.507 e.